The summed E-state index contributed by atoms with van der Waals surface area (Å²) in [6.07, 6.45) is 1.25. The fourth-order valence-electron chi connectivity index (χ4n) is 0. The topological polar surface area (TPSA) is 63.2 Å². The molecule has 0 aromatic rings. The van der Waals surface area contributed by atoms with Gasteiger partial charge in [-0.25, -0.2) is 0 Å². The summed E-state index contributed by atoms with van der Waals surface area (Å²) in [5.41, 5.74) is 0. The van der Waals surface area contributed by atoms with Gasteiger partial charge in [0.15, 0.2) is 0 Å². The van der Waals surface area contributed by atoms with E-state index in [0.717, 1.165) is 0 Å². The van der Waals surface area contributed by atoms with Gasteiger partial charge in [-0.1, -0.05) is 20.3 Å². The molecule has 0 bridgehead atoms. The molecule has 0 unspecified atom stereocenters. The van der Waals surface area contributed by atoms with Gasteiger partial charge in [0, 0.05) is 0 Å². The Morgan fingerprint density at radius 3 is 1.43 bits per heavy atom. The molecule has 3 nitrogen and oxygen atoms in total. The molecule has 0 heterocycles. The first-order valence-corrected chi connectivity index (χ1v) is 2.91. The van der Waals surface area contributed by atoms with Crippen LogP contribution in [0.25, 0.3) is 0 Å². The SMILES string of the molecule is CCC.O=S([O-])[O-]. The first-order chi connectivity index (χ1) is 3.15. The Bertz CT molecular complexity index is 41.4. The molecule has 0 aromatic heterocycles. The van der Waals surface area contributed by atoms with Crippen molar-refractivity contribution in [2.75, 3.05) is 0 Å². The normalized spacial score (nSPS) is 7.57. The van der Waals surface area contributed by atoms with Gasteiger partial charge in [0.25, 0.3) is 0 Å². The van der Waals surface area contributed by atoms with Crippen molar-refractivity contribution in [3.63, 3.8) is 0 Å². The third kappa shape index (κ3) is 20500. The van der Waals surface area contributed by atoms with Gasteiger partial charge in [-0.2, -0.15) is 0 Å². The molecule has 4 heteroatoms. The Labute approximate surface area is 45.9 Å². The van der Waals surface area contributed by atoms with Crippen LogP contribution in [-0.2, 0) is 11.4 Å². The fraction of sp³-hybridized carbons (Fsp3) is 1.00. The molecule has 0 saturated carbocycles. The van der Waals surface area contributed by atoms with E-state index in [1.165, 1.54) is 6.42 Å². The lowest BCUT2D eigenvalue weighted by molar-refractivity contribution is 0.419. The summed E-state index contributed by atoms with van der Waals surface area (Å²) in [6.45, 7) is 4.25. The Morgan fingerprint density at radius 1 is 1.43 bits per heavy atom. The maximum atomic E-state index is 8.44. The average molecular weight is 124 g/mol. The van der Waals surface area contributed by atoms with Crippen LogP contribution in [0.3, 0.4) is 0 Å². The zero-order valence-electron chi connectivity index (χ0n) is 4.34. The summed E-state index contributed by atoms with van der Waals surface area (Å²) in [5, 5.41) is 0. The largest absolute Gasteiger partial charge is 0.784 e. The molecule has 0 aliphatic rings. The molecule has 0 N–H and O–H groups in total. The van der Waals surface area contributed by atoms with Gasteiger partial charge in [-0.05, 0) is 0 Å². The van der Waals surface area contributed by atoms with E-state index in [9.17, 15) is 0 Å². The fourth-order valence-corrected chi connectivity index (χ4v) is 0. The lowest BCUT2D eigenvalue weighted by Crippen LogP contribution is -1.76. The maximum absolute atomic E-state index is 8.44. The molecule has 0 saturated heterocycles. The minimum Gasteiger partial charge on any atom is -0.784 e. The Balaban J connectivity index is 0. The minimum atomic E-state index is -3.11. The second kappa shape index (κ2) is 9.42. The molecule has 0 radical (unpaired) electrons. The summed E-state index contributed by atoms with van der Waals surface area (Å²) in [7, 11) is 0. The van der Waals surface area contributed by atoms with Crippen molar-refractivity contribution in [2.45, 2.75) is 20.3 Å². The molecule has 0 aliphatic heterocycles. The molecular formula is C3H8O3S-2. The monoisotopic (exact) mass is 124 g/mol. The summed E-state index contributed by atoms with van der Waals surface area (Å²) in [6, 6.07) is 0. The standard InChI is InChI=1S/C3H8.H2O3S/c1-3-2;1-4(2)3/h3H2,1-2H3;(H2,1,2,3)/p-2. The third-order valence-electron chi connectivity index (χ3n) is 0. The van der Waals surface area contributed by atoms with Crippen LogP contribution in [0.1, 0.15) is 20.3 Å². The van der Waals surface area contributed by atoms with Crippen LogP contribution in [0.4, 0.5) is 0 Å². The van der Waals surface area contributed by atoms with Crippen LogP contribution in [0.15, 0.2) is 0 Å². The van der Waals surface area contributed by atoms with Crippen LogP contribution >= 0.6 is 0 Å². The predicted octanol–water partition coefficient (Wildman–Crippen LogP) is 0.412. The van der Waals surface area contributed by atoms with E-state index < -0.39 is 11.4 Å². The molecule has 46 valence electrons. The number of hydrogen-bond acceptors (Lipinski definition) is 3. The van der Waals surface area contributed by atoms with Gasteiger partial charge in [-0.3, -0.25) is 4.21 Å². The Hall–Kier alpha value is 0.0700. The van der Waals surface area contributed by atoms with E-state index in [0.29, 0.717) is 0 Å². The molecule has 0 fully saturated rings. The summed E-state index contributed by atoms with van der Waals surface area (Å²) >= 11 is -3.11. The van der Waals surface area contributed by atoms with E-state index in [1.54, 1.807) is 0 Å². The van der Waals surface area contributed by atoms with Crippen molar-refractivity contribution >= 4 is 11.4 Å². The number of rotatable bonds is 0. The van der Waals surface area contributed by atoms with Crippen LogP contribution < -0.4 is 0 Å². The molecule has 0 aromatic carbocycles. The summed E-state index contributed by atoms with van der Waals surface area (Å²) in [4.78, 5) is 0. The molecule has 0 atom stereocenters. The maximum Gasteiger partial charge on any atom is -0.0590 e. The molecule has 0 spiro atoms. The zero-order valence-corrected chi connectivity index (χ0v) is 5.16. The van der Waals surface area contributed by atoms with Crippen molar-refractivity contribution in [3.05, 3.63) is 0 Å². The van der Waals surface area contributed by atoms with Gasteiger partial charge >= 0.3 is 0 Å². The molecule has 0 amide bonds. The Morgan fingerprint density at radius 2 is 1.43 bits per heavy atom. The number of hydrogen-bond donors (Lipinski definition) is 0. The minimum absolute atomic E-state index is 1.25. The van der Waals surface area contributed by atoms with Gasteiger partial charge < -0.3 is 9.11 Å². The smallest absolute Gasteiger partial charge is 0.0590 e. The molecule has 0 rings (SSSR count). The van der Waals surface area contributed by atoms with Crippen molar-refractivity contribution in [2.24, 2.45) is 0 Å². The second-order valence-electron chi connectivity index (χ2n) is 0.911. The van der Waals surface area contributed by atoms with Crippen LogP contribution in [0, 0.1) is 0 Å². The Kier molecular flexibility index (Phi) is 13.6. The van der Waals surface area contributed by atoms with Crippen molar-refractivity contribution in [3.8, 4) is 0 Å². The zero-order chi connectivity index (χ0) is 6.28. The van der Waals surface area contributed by atoms with Crippen molar-refractivity contribution in [1.29, 1.82) is 0 Å². The van der Waals surface area contributed by atoms with Crippen LogP contribution in [-0.4, -0.2) is 13.3 Å². The summed E-state index contributed by atoms with van der Waals surface area (Å²) < 4.78 is 25.3. The second-order valence-corrected chi connectivity index (χ2v) is 1.32. The van der Waals surface area contributed by atoms with Gasteiger partial charge in [0.1, 0.15) is 0 Å². The van der Waals surface area contributed by atoms with Gasteiger partial charge in [0.2, 0.25) is 0 Å². The van der Waals surface area contributed by atoms with E-state index in [1.807, 2.05) is 0 Å². The first kappa shape index (κ1) is 10.1. The molecule has 7 heavy (non-hydrogen) atoms. The van der Waals surface area contributed by atoms with Crippen LogP contribution in [0.5, 0.6) is 0 Å². The van der Waals surface area contributed by atoms with E-state index in [-0.39, 0.29) is 0 Å². The van der Waals surface area contributed by atoms with Crippen molar-refractivity contribution in [1.82, 2.24) is 0 Å². The van der Waals surface area contributed by atoms with Crippen molar-refractivity contribution < 1.29 is 13.3 Å². The third-order valence-corrected chi connectivity index (χ3v) is 0. The summed E-state index contributed by atoms with van der Waals surface area (Å²) in [5.74, 6) is 0. The van der Waals surface area contributed by atoms with Gasteiger partial charge in [-0.15, -0.1) is 11.4 Å². The molecule has 0 aliphatic carbocycles. The predicted molar refractivity (Wildman–Crippen MR) is 25.7 cm³/mol. The highest BCUT2D eigenvalue weighted by Gasteiger charge is 1.35. The van der Waals surface area contributed by atoms with Crippen LogP contribution in [0.2, 0.25) is 0 Å². The highest BCUT2D eigenvalue weighted by molar-refractivity contribution is 7.72. The highest BCUT2D eigenvalue weighted by atomic mass is 32.2. The lowest BCUT2D eigenvalue weighted by Gasteiger charge is -2.03. The lowest BCUT2D eigenvalue weighted by atomic mass is 10.6. The van der Waals surface area contributed by atoms with E-state index >= 15 is 0 Å². The van der Waals surface area contributed by atoms with Gasteiger partial charge in [0.05, 0.1) is 0 Å². The highest BCUT2D eigenvalue weighted by Crippen LogP contribution is 1.56. The van der Waals surface area contributed by atoms with E-state index in [2.05, 4.69) is 13.8 Å². The first-order valence-electron chi connectivity index (χ1n) is 1.91. The van der Waals surface area contributed by atoms with E-state index in [4.69, 9.17) is 13.3 Å². The average Bonchev–Trinajstić information content (AvgIpc) is 1.33. The quantitative estimate of drug-likeness (QED) is 0.439. The molecular weight excluding hydrogens is 116 g/mol.